The van der Waals surface area contributed by atoms with Crippen molar-refractivity contribution in [3.8, 4) is 17.2 Å². The van der Waals surface area contributed by atoms with Crippen LogP contribution in [-0.2, 0) is 14.8 Å². The molecule has 9 heteroatoms. The van der Waals surface area contributed by atoms with Crippen molar-refractivity contribution < 1.29 is 27.4 Å². The SMILES string of the molecule is CSCC[C@H](NS(=O)(=O)c1ccccc1)C(=O)Oc1ccc2c(c1)OCO2. The van der Waals surface area contributed by atoms with E-state index in [-0.39, 0.29) is 17.4 Å². The van der Waals surface area contributed by atoms with Crippen LogP contribution in [0.15, 0.2) is 53.4 Å². The van der Waals surface area contributed by atoms with Crippen LogP contribution in [0.2, 0.25) is 0 Å². The number of carbonyl (C=O) groups is 1. The first-order valence-corrected chi connectivity index (χ1v) is 11.0. The number of nitrogens with one attached hydrogen (secondary N) is 1. The van der Waals surface area contributed by atoms with Crippen molar-refractivity contribution in [1.82, 2.24) is 4.72 Å². The number of sulfonamides is 1. The number of rotatable bonds is 8. The van der Waals surface area contributed by atoms with Crippen molar-refractivity contribution in [1.29, 1.82) is 0 Å². The molecule has 0 spiro atoms. The first kappa shape index (κ1) is 19.5. The molecule has 0 bridgehead atoms. The van der Waals surface area contributed by atoms with Gasteiger partial charge < -0.3 is 14.2 Å². The smallest absolute Gasteiger partial charge is 0.329 e. The van der Waals surface area contributed by atoms with E-state index < -0.39 is 22.0 Å². The van der Waals surface area contributed by atoms with Crippen molar-refractivity contribution in [2.24, 2.45) is 0 Å². The first-order chi connectivity index (χ1) is 13.0. The molecule has 0 fully saturated rings. The molecule has 1 N–H and O–H groups in total. The Hall–Kier alpha value is -2.23. The summed E-state index contributed by atoms with van der Waals surface area (Å²) in [6.07, 6.45) is 2.18. The molecule has 1 heterocycles. The lowest BCUT2D eigenvalue weighted by Crippen LogP contribution is -2.43. The maximum absolute atomic E-state index is 12.6. The second-order valence-electron chi connectivity index (χ2n) is 5.70. The second kappa shape index (κ2) is 8.64. The summed E-state index contributed by atoms with van der Waals surface area (Å²) in [4.78, 5) is 12.7. The second-order valence-corrected chi connectivity index (χ2v) is 8.40. The molecule has 1 atom stereocenters. The summed E-state index contributed by atoms with van der Waals surface area (Å²) in [6, 6.07) is 11.6. The van der Waals surface area contributed by atoms with Gasteiger partial charge in [0.05, 0.1) is 4.90 Å². The number of esters is 1. The van der Waals surface area contributed by atoms with Crippen molar-refractivity contribution >= 4 is 27.8 Å². The normalized spacial score (nSPS) is 14.0. The molecule has 2 aromatic carbocycles. The fourth-order valence-corrected chi connectivity index (χ4v) is 4.15. The highest BCUT2D eigenvalue weighted by Gasteiger charge is 2.27. The third kappa shape index (κ3) is 4.94. The van der Waals surface area contributed by atoms with Gasteiger partial charge in [0.15, 0.2) is 11.5 Å². The van der Waals surface area contributed by atoms with Gasteiger partial charge in [-0.1, -0.05) is 18.2 Å². The van der Waals surface area contributed by atoms with Crippen LogP contribution in [0.3, 0.4) is 0 Å². The van der Waals surface area contributed by atoms with Gasteiger partial charge in [-0.05, 0) is 42.7 Å². The molecule has 0 amide bonds. The lowest BCUT2D eigenvalue weighted by Gasteiger charge is -2.17. The number of fused-ring (bicyclic) bond motifs is 1. The quantitative estimate of drug-likeness (QED) is 0.529. The number of thioether (sulfide) groups is 1. The number of benzene rings is 2. The summed E-state index contributed by atoms with van der Waals surface area (Å²) in [6.45, 7) is 0.111. The van der Waals surface area contributed by atoms with Crippen molar-refractivity contribution in [3.63, 3.8) is 0 Å². The minimum atomic E-state index is -3.84. The Labute approximate surface area is 162 Å². The molecule has 0 saturated carbocycles. The number of carbonyl (C=O) groups excluding carboxylic acids is 1. The number of ether oxygens (including phenoxy) is 3. The molecule has 1 aliphatic rings. The molecule has 27 heavy (non-hydrogen) atoms. The van der Waals surface area contributed by atoms with Gasteiger partial charge in [0.1, 0.15) is 11.8 Å². The van der Waals surface area contributed by atoms with E-state index in [2.05, 4.69) is 4.72 Å². The van der Waals surface area contributed by atoms with E-state index in [1.54, 1.807) is 30.3 Å². The summed E-state index contributed by atoms with van der Waals surface area (Å²) in [5.41, 5.74) is 0. The average molecular weight is 409 g/mol. The summed E-state index contributed by atoms with van der Waals surface area (Å²) >= 11 is 1.51. The van der Waals surface area contributed by atoms with Gasteiger partial charge in [-0.3, -0.25) is 0 Å². The highest BCUT2D eigenvalue weighted by atomic mass is 32.2. The molecular formula is C18H19NO6S2. The topological polar surface area (TPSA) is 90.9 Å². The van der Waals surface area contributed by atoms with Gasteiger partial charge in [-0.25, -0.2) is 13.2 Å². The minimum absolute atomic E-state index is 0.0926. The maximum atomic E-state index is 12.6. The molecule has 7 nitrogen and oxygen atoms in total. The van der Waals surface area contributed by atoms with Crippen molar-refractivity contribution in [2.75, 3.05) is 18.8 Å². The molecule has 0 unspecified atom stereocenters. The summed E-state index contributed by atoms with van der Waals surface area (Å²) in [5.74, 6) is 1.22. The Balaban J connectivity index is 1.74. The Bertz CT molecular complexity index is 901. The molecule has 0 aromatic heterocycles. The van der Waals surface area contributed by atoms with E-state index in [1.807, 2.05) is 6.26 Å². The zero-order valence-corrected chi connectivity index (χ0v) is 16.2. The Morgan fingerprint density at radius 1 is 1.19 bits per heavy atom. The van der Waals surface area contributed by atoms with E-state index in [4.69, 9.17) is 14.2 Å². The van der Waals surface area contributed by atoms with Gasteiger partial charge in [-0.2, -0.15) is 16.5 Å². The maximum Gasteiger partial charge on any atom is 0.329 e. The van der Waals surface area contributed by atoms with Crippen LogP contribution in [0.1, 0.15) is 6.42 Å². The lowest BCUT2D eigenvalue weighted by atomic mass is 10.2. The molecule has 2 aromatic rings. The minimum Gasteiger partial charge on any atom is -0.454 e. The predicted molar refractivity (Wildman–Crippen MR) is 102 cm³/mol. The van der Waals surface area contributed by atoms with Crippen molar-refractivity contribution in [2.45, 2.75) is 17.4 Å². The number of hydrogen-bond donors (Lipinski definition) is 1. The zero-order valence-electron chi connectivity index (χ0n) is 14.6. The lowest BCUT2D eigenvalue weighted by molar-refractivity contribution is -0.136. The molecule has 3 rings (SSSR count). The molecule has 1 aliphatic heterocycles. The van der Waals surface area contributed by atoms with Gasteiger partial charge in [0, 0.05) is 6.07 Å². The van der Waals surface area contributed by atoms with Crippen LogP contribution in [0, 0.1) is 0 Å². The summed E-state index contributed by atoms with van der Waals surface area (Å²) in [7, 11) is -3.84. The van der Waals surface area contributed by atoms with E-state index in [9.17, 15) is 13.2 Å². The number of hydrogen-bond acceptors (Lipinski definition) is 7. The van der Waals surface area contributed by atoms with Crippen LogP contribution >= 0.6 is 11.8 Å². The first-order valence-electron chi connectivity index (χ1n) is 8.17. The zero-order chi connectivity index (χ0) is 19.3. The molecule has 144 valence electrons. The van der Waals surface area contributed by atoms with E-state index >= 15 is 0 Å². The molecule has 0 radical (unpaired) electrons. The Morgan fingerprint density at radius 3 is 2.67 bits per heavy atom. The van der Waals surface area contributed by atoms with Crippen LogP contribution in [0.25, 0.3) is 0 Å². The van der Waals surface area contributed by atoms with Crippen LogP contribution in [-0.4, -0.2) is 39.2 Å². The average Bonchev–Trinajstić information content (AvgIpc) is 3.13. The van der Waals surface area contributed by atoms with Crippen molar-refractivity contribution in [3.05, 3.63) is 48.5 Å². The molecule has 0 saturated heterocycles. The van der Waals surface area contributed by atoms with Gasteiger partial charge in [-0.15, -0.1) is 0 Å². The fourth-order valence-electron chi connectivity index (χ4n) is 2.44. The summed E-state index contributed by atoms with van der Waals surface area (Å²) in [5, 5.41) is 0. The molecule has 0 aliphatic carbocycles. The highest BCUT2D eigenvalue weighted by Crippen LogP contribution is 2.35. The standard InChI is InChI=1S/C18H19NO6S2/c1-26-10-9-15(19-27(21,22)14-5-3-2-4-6-14)18(20)25-13-7-8-16-17(11-13)24-12-23-16/h2-8,11,15,19H,9-10,12H2,1H3/t15-/m0/s1. The Kier molecular flexibility index (Phi) is 6.25. The summed E-state index contributed by atoms with van der Waals surface area (Å²) < 4.78 is 43.4. The monoisotopic (exact) mass is 409 g/mol. The van der Waals surface area contributed by atoms with Gasteiger partial charge >= 0.3 is 5.97 Å². The van der Waals surface area contributed by atoms with Crippen LogP contribution in [0.5, 0.6) is 17.2 Å². The van der Waals surface area contributed by atoms with E-state index in [0.29, 0.717) is 23.7 Å². The third-order valence-corrected chi connectivity index (χ3v) is 5.94. The Morgan fingerprint density at radius 2 is 1.93 bits per heavy atom. The third-order valence-electron chi connectivity index (χ3n) is 3.81. The van der Waals surface area contributed by atoms with Gasteiger partial charge in [0.2, 0.25) is 16.8 Å². The van der Waals surface area contributed by atoms with Gasteiger partial charge in [0.25, 0.3) is 0 Å². The highest BCUT2D eigenvalue weighted by molar-refractivity contribution is 7.98. The van der Waals surface area contributed by atoms with Crippen LogP contribution in [0.4, 0.5) is 0 Å². The van der Waals surface area contributed by atoms with E-state index in [0.717, 1.165) is 0 Å². The molecular weight excluding hydrogens is 390 g/mol. The van der Waals surface area contributed by atoms with E-state index in [1.165, 1.54) is 30.0 Å². The predicted octanol–water partition coefficient (Wildman–Crippen LogP) is 2.42. The van der Waals surface area contributed by atoms with Crippen LogP contribution < -0.4 is 18.9 Å². The largest absolute Gasteiger partial charge is 0.454 e. The fraction of sp³-hybridized carbons (Fsp3) is 0.278.